The molecule has 1 aliphatic carbocycles. The molecule has 7 heteroatoms. The van der Waals surface area contributed by atoms with E-state index in [9.17, 15) is 4.79 Å². The van der Waals surface area contributed by atoms with Gasteiger partial charge in [0.1, 0.15) is 12.4 Å². The van der Waals surface area contributed by atoms with Crippen LogP contribution in [0.4, 0.5) is 0 Å². The van der Waals surface area contributed by atoms with Gasteiger partial charge in [-0.2, -0.15) is 0 Å². The fourth-order valence-corrected chi connectivity index (χ4v) is 4.96. The molecule has 4 nitrogen and oxygen atoms in total. The third-order valence-corrected chi connectivity index (χ3v) is 6.99. The van der Waals surface area contributed by atoms with Crippen molar-refractivity contribution in [3.8, 4) is 5.75 Å². The molecule has 0 aromatic heterocycles. The Morgan fingerprint density at radius 1 is 1.21 bits per heavy atom. The van der Waals surface area contributed by atoms with Gasteiger partial charge in [0.25, 0.3) is 0 Å². The van der Waals surface area contributed by atoms with Crippen LogP contribution >= 0.6 is 39.1 Å². The number of benzene rings is 2. The molecule has 1 aliphatic heterocycles. The average molecular weight is 485 g/mol. The molecule has 1 fully saturated rings. The molecule has 28 heavy (non-hydrogen) atoms. The van der Waals surface area contributed by atoms with Crippen molar-refractivity contribution in [2.75, 3.05) is 13.1 Å². The van der Waals surface area contributed by atoms with E-state index in [1.807, 2.05) is 6.07 Å². The van der Waals surface area contributed by atoms with Crippen LogP contribution < -0.4 is 4.74 Å². The number of carboxylic acid groups (broad SMARTS) is 1. The summed E-state index contributed by atoms with van der Waals surface area (Å²) in [6.45, 7) is 1.63. The fraction of sp³-hybridized carbons (Fsp3) is 0.381. The standard InChI is InChI=1S/C21H20BrCl2NO3/c22-17-7-13-6-15(25-9-14(10-25)21(26)27)5-4-12(13)8-20(17)28-11-16-18(23)2-1-3-19(16)24/h1-3,7-8,14-15H,4-6,9-11H2,(H,26,27). The lowest BCUT2D eigenvalue weighted by atomic mass is 9.84. The molecule has 0 amide bonds. The van der Waals surface area contributed by atoms with Crippen molar-refractivity contribution >= 4 is 45.1 Å². The highest BCUT2D eigenvalue weighted by atomic mass is 79.9. The van der Waals surface area contributed by atoms with Crippen LogP contribution in [-0.4, -0.2) is 35.1 Å². The molecule has 2 aliphatic rings. The van der Waals surface area contributed by atoms with Gasteiger partial charge in [-0.3, -0.25) is 9.69 Å². The molecule has 1 N–H and O–H groups in total. The molecule has 1 heterocycles. The maximum atomic E-state index is 11.0. The number of likely N-dealkylation sites (tertiary alicyclic amines) is 1. The van der Waals surface area contributed by atoms with E-state index >= 15 is 0 Å². The highest BCUT2D eigenvalue weighted by Crippen LogP contribution is 2.36. The molecule has 2 aromatic rings. The number of rotatable bonds is 5. The van der Waals surface area contributed by atoms with Crippen LogP contribution in [0.5, 0.6) is 5.75 Å². The van der Waals surface area contributed by atoms with Crippen LogP contribution in [0.15, 0.2) is 34.8 Å². The Balaban J connectivity index is 1.44. The SMILES string of the molecule is O=C(O)C1CN(C2CCc3cc(OCc4c(Cl)cccc4Cl)c(Br)cc3C2)C1. The molecular weight excluding hydrogens is 465 g/mol. The van der Waals surface area contributed by atoms with E-state index in [-0.39, 0.29) is 5.92 Å². The Morgan fingerprint density at radius 2 is 1.93 bits per heavy atom. The average Bonchev–Trinajstić information content (AvgIpc) is 2.60. The number of nitrogens with zero attached hydrogens (tertiary/aromatic N) is 1. The van der Waals surface area contributed by atoms with Crippen molar-refractivity contribution in [1.82, 2.24) is 4.90 Å². The third-order valence-electron chi connectivity index (χ3n) is 5.67. The van der Waals surface area contributed by atoms with Crippen LogP contribution in [0.3, 0.4) is 0 Å². The lowest BCUT2D eigenvalue weighted by Crippen LogP contribution is -2.56. The summed E-state index contributed by atoms with van der Waals surface area (Å²) in [4.78, 5) is 13.3. The minimum Gasteiger partial charge on any atom is -0.488 e. The number of fused-ring (bicyclic) bond motifs is 1. The molecule has 1 saturated heterocycles. The normalized spacial score (nSPS) is 19.8. The van der Waals surface area contributed by atoms with Crippen LogP contribution in [0.25, 0.3) is 0 Å². The second-order valence-corrected chi connectivity index (χ2v) is 9.09. The number of aliphatic carboxylic acids is 1. The number of carboxylic acids is 1. The number of hydrogen-bond acceptors (Lipinski definition) is 3. The maximum absolute atomic E-state index is 11.0. The minimum atomic E-state index is -0.685. The summed E-state index contributed by atoms with van der Waals surface area (Å²) in [6, 6.07) is 10.1. The molecule has 1 unspecified atom stereocenters. The van der Waals surface area contributed by atoms with E-state index < -0.39 is 5.97 Å². The molecule has 1 atom stereocenters. The molecule has 2 aromatic carbocycles. The second kappa shape index (κ2) is 8.23. The van der Waals surface area contributed by atoms with Gasteiger partial charge in [-0.05, 0) is 70.6 Å². The summed E-state index contributed by atoms with van der Waals surface area (Å²) in [5.74, 6) is -0.112. The zero-order valence-corrected chi connectivity index (χ0v) is 18.2. The number of ether oxygens (including phenoxy) is 1. The zero-order valence-electron chi connectivity index (χ0n) is 15.1. The Morgan fingerprint density at radius 3 is 2.61 bits per heavy atom. The third kappa shape index (κ3) is 4.04. The van der Waals surface area contributed by atoms with Gasteiger partial charge in [-0.15, -0.1) is 0 Å². The number of carbonyl (C=O) groups is 1. The summed E-state index contributed by atoms with van der Waals surface area (Å²) in [5.41, 5.74) is 3.36. The minimum absolute atomic E-state index is 0.208. The van der Waals surface area contributed by atoms with Gasteiger partial charge in [-0.25, -0.2) is 0 Å². The van der Waals surface area contributed by atoms with Gasteiger partial charge in [-0.1, -0.05) is 29.3 Å². The van der Waals surface area contributed by atoms with Crippen molar-refractivity contribution in [2.24, 2.45) is 5.92 Å². The maximum Gasteiger partial charge on any atom is 0.309 e. The topological polar surface area (TPSA) is 49.8 Å². The predicted octanol–water partition coefficient (Wildman–Crippen LogP) is 5.21. The number of aryl methyl sites for hydroxylation is 1. The predicted molar refractivity (Wildman–Crippen MR) is 113 cm³/mol. The first-order valence-electron chi connectivity index (χ1n) is 9.26. The fourth-order valence-electron chi connectivity index (χ4n) is 3.95. The zero-order chi connectivity index (χ0) is 19.8. The lowest BCUT2D eigenvalue weighted by molar-refractivity contribution is -0.148. The first kappa shape index (κ1) is 20.0. The number of halogens is 3. The van der Waals surface area contributed by atoms with E-state index in [0.717, 1.165) is 35.0 Å². The van der Waals surface area contributed by atoms with E-state index in [1.165, 1.54) is 11.1 Å². The summed E-state index contributed by atoms with van der Waals surface area (Å²) in [7, 11) is 0. The summed E-state index contributed by atoms with van der Waals surface area (Å²) in [6.07, 6.45) is 2.94. The molecule has 148 valence electrons. The van der Waals surface area contributed by atoms with Gasteiger partial charge in [0.15, 0.2) is 0 Å². The van der Waals surface area contributed by atoms with Crippen LogP contribution in [0, 0.1) is 5.92 Å². The van der Waals surface area contributed by atoms with Gasteiger partial charge in [0.05, 0.1) is 10.4 Å². The molecule has 0 spiro atoms. The second-order valence-electron chi connectivity index (χ2n) is 7.43. The number of hydrogen-bond donors (Lipinski definition) is 1. The molecular formula is C21H20BrCl2NO3. The van der Waals surface area contributed by atoms with Crippen LogP contribution in [0.1, 0.15) is 23.1 Å². The monoisotopic (exact) mass is 483 g/mol. The van der Waals surface area contributed by atoms with E-state index in [4.69, 9.17) is 33.0 Å². The molecule has 4 rings (SSSR count). The van der Waals surface area contributed by atoms with E-state index in [1.54, 1.807) is 12.1 Å². The Kier molecular flexibility index (Phi) is 5.88. The van der Waals surface area contributed by atoms with Crippen molar-refractivity contribution in [3.63, 3.8) is 0 Å². The summed E-state index contributed by atoms with van der Waals surface area (Å²) in [5, 5.41) is 10.3. The molecule has 0 radical (unpaired) electrons. The van der Waals surface area contributed by atoms with Crippen molar-refractivity contribution in [3.05, 3.63) is 61.5 Å². The summed E-state index contributed by atoms with van der Waals surface area (Å²) < 4.78 is 6.91. The quantitative estimate of drug-likeness (QED) is 0.632. The van der Waals surface area contributed by atoms with Gasteiger partial charge in [0, 0.05) is 34.7 Å². The molecule has 0 saturated carbocycles. The Labute approximate surface area is 182 Å². The first-order chi connectivity index (χ1) is 13.4. The highest BCUT2D eigenvalue weighted by Gasteiger charge is 2.37. The van der Waals surface area contributed by atoms with E-state index in [2.05, 4.69) is 33.0 Å². The van der Waals surface area contributed by atoms with Crippen molar-refractivity contribution < 1.29 is 14.6 Å². The Hall–Kier alpha value is -1.27. The van der Waals surface area contributed by atoms with Crippen LogP contribution in [-0.2, 0) is 24.2 Å². The van der Waals surface area contributed by atoms with Gasteiger partial charge < -0.3 is 9.84 Å². The largest absolute Gasteiger partial charge is 0.488 e. The molecule has 0 bridgehead atoms. The van der Waals surface area contributed by atoms with Crippen molar-refractivity contribution in [1.29, 1.82) is 0 Å². The summed E-state index contributed by atoms with van der Waals surface area (Å²) >= 11 is 16.1. The smallest absolute Gasteiger partial charge is 0.309 e. The van der Waals surface area contributed by atoms with Gasteiger partial charge >= 0.3 is 5.97 Å². The van der Waals surface area contributed by atoms with Gasteiger partial charge in [0.2, 0.25) is 0 Å². The van der Waals surface area contributed by atoms with E-state index in [0.29, 0.717) is 35.8 Å². The highest BCUT2D eigenvalue weighted by molar-refractivity contribution is 9.10. The first-order valence-corrected chi connectivity index (χ1v) is 10.8. The van der Waals surface area contributed by atoms with Crippen molar-refractivity contribution in [2.45, 2.75) is 31.9 Å². The van der Waals surface area contributed by atoms with Crippen LogP contribution in [0.2, 0.25) is 10.0 Å². The Bertz CT molecular complexity index is 895. The lowest BCUT2D eigenvalue weighted by Gasteiger charge is -2.44.